The van der Waals surface area contributed by atoms with Crippen LogP contribution in [0.25, 0.3) is 16.8 Å². The molecule has 5 nitrogen and oxygen atoms in total. The second-order valence-electron chi connectivity index (χ2n) is 6.13. The van der Waals surface area contributed by atoms with E-state index in [4.69, 9.17) is 0 Å². The van der Waals surface area contributed by atoms with Gasteiger partial charge in [0.25, 0.3) is 0 Å². The van der Waals surface area contributed by atoms with E-state index < -0.39 is 11.4 Å². The molecule has 0 saturated heterocycles. The highest BCUT2D eigenvalue weighted by Crippen LogP contribution is 2.20. The Morgan fingerprint density at radius 3 is 2.00 bits per heavy atom. The maximum atomic E-state index is 13.1. The zero-order valence-corrected chi connectivity index (χ0v) is 14.5. The quantitative estimate of drug-likeness (QED) is 0.528. The molecule has 5 heteroatoms. The minimum absolute atomic E-state index is 0.116. The van der Waals surface area contributed by atoms with Gasteiger partial charge in [-0.25, -0.2) is 4.79 Å². The monoisotopic (exact) mass is 355 g/mol. The SMILES string of the molecule is O=c1c(-c2ccccc2)c([O-])[n+](Cc2ccccc2)nn1-c1ccccc1. The summed E-state index contributed by atoms with van der Waals surface area (Å²) in [5, 5.41) is 17.4. The molecule has 0 bridgehead atoms. The van der Waals surface area contributed by atoms with Crippen LogP contribution in [0.4, 0.5) is 0 Å². The van der Waals surface area contributed by atoms with Gasteiger partial charge in [-0.05, 0) is 23.3 Å². The van der Waals surface area contributed by atoms with Crippen LogP contribution in [-0.2, 0) is 6.54 Å². The van der Waals surface area contributed by atoms with E-state index in [0.717, 1.165) is 5.56 Å². The third-order valence-electron chi connectivity index (χ3n) is 4.29. The number of rotatable bonds is 4. The van der Waals surface area contributed by atoms with Crippen LogP contribution in [0.5, 0.6) is 5.88 Å². The lowest BCUT2D eigenvalue weighted by molar-refractivity contribution is -0.784. The summed E-state index contributed by atoms with van der Waals surface area (Å²) in [7, 11) is 0. The number of benzene rings is 3. The molecule has 0 N–H and O–H groups in total. The van der Waals surface area contributed by atoms with E-state index >= 15 is 0 Å². The van der Waals surface area contributed by atoms with Gasteiger partial charge in [0.1, 0.15) is 12.1 Å². The average Bonchev–Trinajstić information content (AvgIpc) is 2.72. The molecule has 0 saturated carbocycles. The van der Waals surface area contributed by atoms with Crippen molar-refractivity contribution in [1.29, 1.82) is 0 Å². The lowest BCUT2D eigenvalue weighted by Crippen LogP contribution is -2.48. The summed E-state index contributed by atoms with van der Waals surface area (Å²) in [5.74, 6) is -0.401. The highest BCUT2D eigenvalue weighted by atomic mass is 16.3. The van der Waals surface area contributed by atoms with Gasteiger partial charge in [0.05, 0.1) is 11.1 Å². The van der Waals surface area contributed by atoms with Crippen molar-refractivity contribution in [2.45, 2.75) is 6.54 Å². The second-order valence-corrected chi connectivity index (χ2v) is 6.13. The van der Waals surface area contributed by atoms with E-state index in [2.05, 4.69) is 5.21 Å². The maximum absolute atomic E-state index is 13.1. The van der Waals surface area contributed by atoms with Gasteiger partial charge >= 0.3 is 5.56 Å². The first-order valence-electron chi connectivity index (χ1n) is 8.63. The van der Waals surface area contributed by atoms with Gasteiger partial charge in [-0.3, -0.25) is 0 Å². The van der Waals surface area contributed by atoms with Crippen LogP contribution >= 0.6 is 0 Å². The Balaban J connectivity index is 1.95. The Morgan fingerprint density at radius 2 is 1.37 bits per heavy atom. The van der Waals surface area contributed by atoms with Gasteiger partial charge in [-0.1, -0.05) is 83.5 Å². The molecular weight excluding hydrogens is 338 g/mol. The van der Waals surface area contributed by atoms with E-state index in [1.54, 1.807) is 24.3 Å². The van der Waals surface area contributed by atoms with Crippen molar-refractivity contribution in [2.24, 2.45) is 0 Å². The molecular formula is C22H17N3O2. The molecule has 0 fully saturated rings. The summed E-state index contributed by atoms with van der Waals surface area (Å²) in [5.41, 5.74) is 1.82. The van der Waals surface area contributed by atoms with Crippen molar-refractivity contribution >= 4 is 0 Å². The molecule has 3 aromatic carbocycles. The fourth-order valence-electron chi connectivity index (χ4n) is 2.97. The number of aromatic nitrogens is 3. The van der Waals surface area contributed by atoms with E-state index in [0.29, 0.717) is 11.3 Å². The number of para-hydroxylation sites is 1. The van der Waals surface area contributed by atoms with Crippen molar-refractivity contribution in [3.8, 4) is 22.7 Å². The van der Waals surface area contributed by atoms with Crippen LogP contribution in [0, 0.1) is 0 Å². The Kier molecular flexibility index (Phi) is 4.49. The molecule has 1 aromatic heterocycles. The van der Waals surface area contributed by atoms with Gasteiger partial charge in [-0.2, -0.15) is 0 Å². The van der Waals surface area contributed by atoms with Crippen LogP contribution < -0.4 is 15.3 Å². The van der Waals surface area contributed by atoms with E-state index in [1.807, 2.05) is 66.7 Å². The summed E-state index contributed by atoms with van der Waals surface area (Å²) in [6, 6.07) is 27.7. The Hall–Kier alpha value is -3.73. The number of hydrogen-bond acceptors (Lipinski definition) is 3. The molecule has 0 spiro atoms. The minimum atomic E-state index is -0.429. The third-order valence-corrected chi connectivity index (χ3v) is 4.29. The van der Waals surface area contributed by atoms with Crippen molar-refractivity contribution < 1.29 is 9.79 Å². The maximum Gasteiger partial charge on any atom is 0.370 e. The molecule has 0 unspecified atom stereocenters. The van der Waals surface area contributed by atoms with Crippen molar-refractivity contribution in [3.05, 3.63) is 107 Å². The highest BCUT2D eigenvalue weighted by molar-refractivity contribution is 5.65. The minimum Gasteiger partial charge on any atom is -0.840 e. The zero-order valence-electron chi connectivity index (χ0n) is 14.5. The largest absolute Gasteiger partial charge is 0.840 e. The summed E-state index contributed by atoms with van der Waals surface area (Å²) < 4.78 is 2.62. The molecule has 0 aliphatic rings. The standard InChI is InChI=1S/C22H17N3O2/c26-21-20(18-12-6-2-7-13-18)22(27)25(19-14-8-3-9-15-19)23-24(21)16-17-10-4-1-5-11-17/h1-15H,16H2. The van der Waals surface area contributed by atoms with E-state index in [9.17, 15) is 9.90 Å². The zero-order chi connectivity index (χ0) is 18.6. The fourth-order valence-corrected chi connectivity index (χ4v) is 2.97. The second kappa shape index (κ2) is 7.25. The van der Waals surface area contributed by atoms with Gasteiger partial charge in [0.2, 0.25) is 0 Å². The van der Waals surface area contributed by atoms with Gasteiger partial charge in [-0.15, -0.1) is 4.68 Å². The van der Waals surface area contributed by atoms with Gasteiger partial charge in [0, 0.05) is 0 Å². The van der Waals surface area contributed by atoms with Crippen molar-refractivity contribution in [3.63, 3.8) is 0 Å². The molecule has 0 aliphatic carbocycles. The van der Waals surface area contributed by atoms with Crippen molar-refractivity contribution in [2.75, 3.05) is 0 Å². The number of hydrogen-bond donors (Lipinski definition) is 0. The van der Waals surface area contributed by atoms with Crippen LogP contribution in [0.2, 0.25) is 0 Å². The van der Waals surface area contributed by atoms with Crippen LogP contribution in [0.1, 0.15) is 5.56 Å². The normalized spacial score (nSPS) is 10.7. The summed E-state index contributed by atoms with van der Waals surface area (Å²) in [6.07, 6.45) is 0. The summed E-state index contributed by atoms with van der Waals surface area (Å²) >= 11 is 0. The van der Waals surface area contributed by atoms with Gasteiger partial charge in [0.15, 0.2) is 5.69 Å². The lowest BCUT2D eigenvalue weighted by Gasteiger charge is -2.14. The molecule has 4 rings (SSSR count). The Morgan fingerprint density at radius 1 is 0.815 bits per heavy atom. The molecule has 27 heavy (non-hydrogen) atoms. The first-order valence-corrected chi connectivity index (χ1v) is 8.63. The molecule has 0 amide bonds. The molecule has 1 heterocycles. The molecule has 4 aromatic rings. The first kappa shape index (κ1) is 16.7. The number of nitrogens with zero attached hydrogens (tertiary/aromatic N) is 3. The van der Waals surface area contributed by atoms with Crippen LogP contribution in [0.15, 0.2) is 95.8 Å². The third kappa shape index (κ3) is 3.35. The van der Waals surface area contributed by atoms with Gasteiger partial charge < -0.3 is 5.11 Å². The lowest BCUT2D eigenvalue weighted by atomic mass is 10.1. The molecule has 0 aliphatic heterocycles. The summed E-state index contributed by atoms with van der Waals surface area (Å²) in [6.45, 7) is 0.284. The molecule has 0 atom stereocenters. The Bertz CT molecular complexity index is 1110. The predicted octanol–water partition coefficient (Wildman–Crippen LogP) is 2.31. The van der Waals surface area contributed by atoms with E-state index in [1.165, 1.54) is 9.36 Å². The smallest absolute Gasteiger partial charge is 0.370 e. The van der Waals surface area contributed by atoms with Crippen molar-refractivity contribution in [1.82, 2.24) is 9.90 Å². The topological polar surface area (TPSA) is 61.8 Å². The molecule has 132 valence electrons. The first-order chi connectivity index (χ1) is 13.2. The van der Waals surface area contributed by atoms with Crippen LogP contribution in [-0.4, -0.2) is 9.90 Å². The fraction of sp³-hybridized carbons (Fsp3) is 0.0455. The Labute approximate surface area is 156 Å². The summed E-state index contributed by atoms with van der Waals surface area (Å²) in [4.78, 5) is 13.1. The molecule has 0 radical (unpaired) electrons. The van der Waals surface area contributed by atoms with E-state index in [-0.39, 0.29) is 12.1 Å². The average molecular weight is 355 g/mol. The predicted molar refractivity (Wildman–Crippen MR) is 100 cm³/mol. The van der Waals surface area contributed by atoms with Crippen LogP contribution in [0.3, 0.4) is 0 Å². The highest BCUT2D eigenvalue weighted by Gasteiger charge is 2.21.